The van der Waals surface area contributed by atoms with E-state index in [9.17, 15) is 9.90 Å². The zero-order valence-corrected chi connectivity index (χ0v) is 14.5. The number of phenols is 1. The summed E-state index contributed by atoms with van der Waals surface area (Å²) in [6, 6.07) is 8.67. The Bertz CT molecular complexity index is 995. The van der Waals surface area contributed by atoms with Crippen molar-refractivity contribution in [3.63, 3.8) is 0 Å². The van der Waals surface area contributed by atoms with E-state index in [1.165, 1.54) is 4.80 Å². The minimum Gasteiger partial charge on any atom is -0.505 e. The molecular weight excluding hydrogens is 342 g/mol. The van der Waals surface area contributed by atoms with Crippen LogP contribution in [-0.4, -0.2) is 26.1 Å². The van der Waals surface area contributed by atoms with Gasteiger partial charge in [0.05, 0.1) is 0 Å². The topological polar surface area (TPSA) is 77.2 Å². The first-order valence-corrected chi connectivity index (χ1v) is 7.91. The van der Waals surface area contributed by atoms with Crippen LogP contribution in [0.5, 0.6) is 5.75 Å². The van der Waals surface area contributed by atoms with Crippen molar-refractivity contribution >= 4 is 28.6 Å². The van der Waals surface area contributed by atoms with Crippen LogP contribution in [0.3, 0.4) is 0 Å². The number of ether oxygens (including phenoxy) is 1. The van der Waals surface area contributed by atoms with Gasteiger partial charge in [0.25, 0.3) is 0 Å². The number of halogens is 1. The Morgan fingerprint density at radius 3 is 2.72 bits per heavy atom. The Kier molecular flexibility index (Phi) is 4.46. The fourth-order valence-electron chi connectivity index (χ4n) is 2.36. The second-order valence-corrected chi connectivity index (χ2v) is 6.21. The number of benzene rings is 2. The molecular formula is C18H16ClN3O3. The Morgan fingerprint density at radius 1 is 1.28 bits per heavy atom. The second-order valence-electron chi connectivity index (χ2n) is 5.77. The summed E-state index contributed by atoms with van der Waals surface area (Å²) < 4.78 is 5.12. The third kappa shape index (κ3) is 3.49. The molecule has 0 aliphatic heterocycles. The largest absolute Gasteiger partial charge is 0.505 e. The number of aryl methyl sites for hydroxylation is 1. The van der Waals surface area contributed by atoms with Gasteiger partial charge >= 0.3 is 5.97 Å². The predicted molar refractivity (Wildman–Crippen MR) is 94.9 cm³/mol. The highest BCUT2D eigenvalue weighted by atomic mass is 35.5. The third-order valence-corrected chi connectivity index (χ3v) is 3.81. The van der Waals surface area contributed by atoms with Crippen LogP contribution < -0.4 is 0 Å². The molecule has 0 atom stereocenters. The maximum Gasteiger partial charge on any atom is 0.333 e. The van der Waals surface area contributed by atoms with Crippen molar-refractivity contribution in [1.82, 2.24) is 15.0 Å². The number of hydrogen-bond acceptors (Lipinski definition) is 5. The standard InChI is InChI=1S/C18H16ClN3O3/c1-10(2)18(24)25-9-12-6-11(3)7-16(17(12)23)22-20-14-5-4-13(19)8-15(14)21-22/h4-8,23H,1,9H2,2-3H3. The summed E-state index contributed by atoms with van der Waals surface area (Å²) in [5.41, 5.74) is 3.29. The van der Waals surface area contributed by atoms with Crippen LogP contribution in [0, 0.1) is 6.92 Å². The van der Waals surface area contributed by atoms with E-state index in [0.29, 0.717) is 32.9 Å². The highest BCUT2D eigenvalue weighted by Gasteiger charge is 2.15. The molecule has 0 aliphatic carbocycles. The molecule has 7 heteroatoms. The number of carbonyl (C=O) groups excluding carboxylic acids is 1. The van der Waals surface area contributed by atoms with E-state index in [1.54, 1.807) is 37.3 Å². The van der Waals surface area contributed by atoms with Crippen LogP contribution in [0.4, 0.5) is 0 Å². The number of aromatic nitrogens is 3. The van der Waals surface area contributed by atoms with Crippen molar-refractivity contribution in [1.29, 1.82) is 0 Å². The smallest absolute Gasteiger partial charge is 0.333 e. The van der Waals surface area contributed by atoms with Gasteiger partial charge in [-0.15, -0.1) is 15.0 Å². The number of rotatable bonds is 4. The molecule has 1 aromatic heterocycles. The summed E-state index contributed by atoms with van der Waals surface area (Å²) >= 11 is 5.97. The SMILES string of the molecule is C=C(C)C(=O)OCc1cc(C)cc(-n2nc3ccc(Cl)cc3n2)c1O. The number of nitrogens with zero attached hydrogens (tertiary/aromatic N) is 3. The highest BCUT2D eigenvalue weighted by molar-refractivity contribution is 6.31. The predicted octanol–water partition coefficient (Wildman–Crippen LogP) is 3.71. The van der Waals surface area contributed by atoms with E-state index in [2.05, 4.69) is 16.8 Å². The molecule has 128 valence electrons. The van der Waals surface area contributed by atoms with Crippen molar-refractivity contribution in [2.45, 2.75) is 20.5 Å². The summed E-state index contributed by atoms with van der Waals surface area (Å²) in [7, 11) is 0. The molecule has 0 saturated carbocycles. The Hall–Kier alpha value is -2.86. The summed E-state index contributed by atoms with van der Waals surface area (Å²) in [5.74, 6) is -0.563. The van der Waals surface area contributed by atoms with E-state index < -0.39 is 5.97 Å². The fraction of sp³-hybridized carbons (Fsp3) is 0.167. The molecule has 2 aromatic carbocycles. The van der Waals surface area contributed by atoms with Gasteiger partial charge in [-0.2, -0.15) is 0 Å². The normalized spacial score (nSPS) is 10.8. The van der Waals surface area contributed by atoms with Gasteiger partial charge in [-0.1, -0.05) is 18.2 Å². The van der Waals surface area contributed by atoms with E-state index in [0.717, 1.165) is 5.56 Å². The zero-order chi connectivity index (χ0) is 18.1. The summed E-state index contributed by atoms with van der Waals surface area (Å²) in [6.07, 6.45) is 0. The molecule has 3 rings (SSSR count). The third-order valence-electron chi connectivity index (χ3n) is 3.58. The fourth-order valence-corrected chi connectivity index (χ4v) is 2.52. The van der Waals surface area contributed by atoms with Gasteiger partial charge < -0.3 is 9.84 Å². The lowest BCUT2D eigenvalue weighted by atomic mass is 10.1. The molecule has 0 saturated heterocycles. The molecule has 0 amide bonds. The Labute approximate surface area is 149 Å². The summed E-state index contributed by atoms with van der Waals surface area (Å²) in [6.45, 7) is 6.89. The van der Waals surface area contributed by atoms with Crippen LogP contribution in [-0.2, 0) is 16.1 Å². The average molecular weight is 358 g/mol. The zero-order valence-electron chi connectivity index (χ0n) is 13.8. The number of hydrogen-bond donors (Lipinski definition) is 1. The number of phenolic OH excluding ortho intramolecular Hbond substituents is 1. The molecule has 0 aliphatic rings. The lowest BCUT2D eigenvalue weighted by molar-refractivity contribution is -0.140. The van der Waals surface area contributed by atoms with E-state index in [4.69, 9.17) is 16.3 Å². The summed E-state index contributed by atoms with van der Waals surface area (Å²) in [4.78, 5) is 12.9. The van der Waals surface area contributed by atoms with Gasteiger partial charge in [0.2, 0.25) is 0 Å². The second kappa shape index (κ2) is 6.57. The molecule has 0 radical (unpaired) electrons. The van der Waals surface area contributed by atoms with Gasteiger partial charge in [-0.3, -0.25) is 0 Å². The highest BCUT2D eigenvalue weighted by Crippen LogP contribution is 2.29. The molecule has 25 heavy (non-hydrogen) atoms. The minimum absolute atomic E-state index is 0.0495. The van der Waals surface area contributed by atoms with Gasteiger partial charge in [-0.25, -0.2) is 4.79 Å². The molecule has 0 unspecified atom stereocenters. The van der Waals surface area contributed by atoms with E-state index >= 15 is 0 Å². The Balaban J connectivity index is 2.00. The molecule has 1 heterocycles. The van der Waals surface area contributed by atoms with Crippen LogP contribution in [0.15, 0.2) is 42.5 Å². The maximum absolute atomic E-state index is 11.6. The summed E-state index contributed by atoms with van der Waals surface area (Å²) in [5, 5.41) is 19.8. The van der Waals surface area contributed by atoms with Crippen molar-refractivity contribution in [2.75, 3.05) is 0 Å². The lowest BCUT2D eigenvalue weighted by Gasteiger charge is -2.11. The van der Waals surface area contributed by atoms with Crippen LogP contribution >= 0.6 is 11.6 Å². The first-order valence-electron chi connectivity index (χ1n) is 7.53. The van der Waals surface area contributed by atoms with Crippen molar-refractivity contribution < 1.29 is 14.6 Å². The van der Waals surface area contributed by atoms with Gasteiger partial charge in [-0.05, 0) is 49.7 Å². The Morgan fingerprint density at radius 2 is 2.00 bits per heavy atom. The number of carbonyl (C=O) groups is 1. The van der Waals surface area contributed by atoms with Crippen LogP contribution in [0.25, 0.3) is 16.7 Å². The number of aromatic hydroxyl groups is 1. The van der Waals surface area contributed by atoms with Gasteiger partial charge in [0.15, 0.2) is 0 Å². The molecule has 0 bridgehead atoms. The number of fused-ring (bicyclic) bond motifs is 1. The van der Waals surface area contributed by atoms with Crippen LogP contribution in [0.1, 0.15) is 18.1 Å². The minimum atomic E-state index is -0.514. The molecule has 0 spiro atoms. The van der Waals surface area contributed by atoms with E-state index in [-0.39, 0.29) is 12.4 Å². The van der Waals surface area contributed by atoms with Crippen molar-refractivity contribution in [3.8, 4) is 11.4 Å². The first-order chi connectivity index (χ1) is 11.8. The number of esters is 1. The van der Waals surface area contributed by atoms with Crippen LogP contribution in [0.2, 0.25) is 5.02 Å². The molecule has 3 aromatic rings. The molecule has 0 fully saturated rings. The molecule has 6 nitrogen and oxygen atoms in total. The monoisotopic (exact) mass is 357 g/mol. The van der Waals surface area contributed by atoms with Crippen molar-refractivity contribution in [3.05, 3.63) is 58.6 Å². The van der Waals surface area contributed by atoms with Crippen molar-refractivity contribution in [2.24, 2.45) is 0 Å². The average Bonchev–Trinajstić information content (AvgIpc) is 2.97. The molecule has 1 N–H and O–H groups in total. The quantitative estimate of drug-likeness (QED) is 0.569. The lowest BCUT2D eigenvalue weighted by Crippen LogP contribution is -2.07. The first kappa shape index (κ1) is 17.0. The van der Waals surface area contributed by atoms with Gasteiger partial charge in [0, 0.05) is 16.2 Å². The van der Waals surface area contributed by atoms with Gasteiger partial charge in [0.1, 0.15) is 29.1 Å². The van der Waals surface area contributed by atoms with E-state index in [1.807, 2.05) is 6.92 Å². The maximum atomic E-state index is 11.6.